The van der Waals surface area contributed by atoms with E-state index in [0.717, 1.165) is 9.79 Å². The maximum atomic E-state index is 4.19. The van der Waals surface area contributed by atoms with Crippen LogP contribution in [0.3, 0.4) is 0 Å². The van der Waals surface area contributed by atoms with Gasteiger partial charge in [-0.1, -0.05) is 6.07 Å². The number of hydrogen-bond donors (Lipinski definition) is 2. The van der Waals surface area contributed by atoms with E-state index in [1.807, 2.05) is 25.1 Å². The molecule has 0 fully saturated rings. The van der Waals surface area contributed by atoms with E-state index < -0.39 is 0 Å². The van der Waals surface area contributed by atoms with Crippen LogP contribution < -0.4 is 0 Å². The molecule has 0 amide bonds. The Morgan fingerprint density at radius 3 is 2.10 bits per heavy atom. The van der Waals surface area contributed by atoms with Gasteiger partial charge in [0.15, 0.2) is 0 Å². The second-order valence-electron chi connectivity index (χ2n) is 1.99. The maximum absolute atomic E-state index is 4.19. The van der Waals surface area contributed by atoms with Crippen molar-refractivity contribution in [2.75, 3.05) is 0 Å². The summed E-state index contributed by atoms with van der Waals surface area (Å²) in [7, 11) is 0. The SMILES string of the molecule is Cc1ccc(S)c(S)c1.[BiH3]. The van der Waals surface area contributed by atoms with Gasteiger partial charge in [0.1, 0.15) is 0 Å². The van der Waals surface area contributed by atoms with E-state index in [1.54, 1.807) is 0 Å². The van der Waals surface area contributed by atoms with Gasteiger partial charge in [-0.3, -0.25) is 0 Å². The van der Waals surface area contributed by atoms with Crippen molar-refractivity contribution < 1.29 is 0 Å². The van der Waals surface area contributed by atoms with Gasteiger partial charge in [-0.2, -0.15) is 0 Å². The standard InChI is InChI=1S/C7H8S2.Bi.3H/c1-5-2-3-6(8)7(9)4-5;;;;/h2-4,8-9H,1H3;;;;. The summed E-state index contributed by atoms with van der Waals surface area (Å²) in [5.74, 6) is 0. The normalized spacial score (nSPS) is 8.70. The van der Waals surface area contributed by atoms with Crippen LogP contribution in [0.2, 0.25) is 0 Å². The summed E-state index contributed by atoms with van der Waals surface area (Å²) in [4.78, 5) is 1.88. The van der Waals surface area contributed by atoms with Gasteiger partial charge < -0.3 is 0 Å². The first-order valence-corrected chi connectivity index (χ1v) is 3.58. The quantitative estimate of drug-likeness (QED) is 0.502. The zero-order chi connectivity index (χ0) is 6.85. The Morgan fingerprint density at radius 2 is 1.70 bits per heavy atom. The van der Waals surface area contributed by atoms with Gasteiger partial charge in [-0.05, 0) is 24.6 Å². The number of thiol groups is 2. The van der Waals surface area contributed by atoms with Gasteiger partial charge in [0.2, 0.25) is 0 Å². The molecule has 0 saturated carbocycles. The van der Waals surface area contributed by atoms with Gasteiger partial charge >= 0.3 is 26.2 Å². The third-order valence-electron chi connectivity index (χ3n) is 1.13. The molecule has 1 aromatic rings. The summed E-state index contributed by atoms with van der Waals surface area (Å²) >= 11 is 8.36. The fourth-order valence-electron chi connectivity index (χ4n) is 0.633. The van der Waals surface area contributed by atoms with Crippen LogP contribution in [0.25, 0.3) is 0 Å². The van der Waals surface area contributed by atoms with E-state index in [0.29, 0.717) is 0 Å². The zero-order valence-corrected chi connectivity index (χ0v) is 13.1. The van der Waals surface area contributed by atoms with Crippen molar-refractivity contribution >= 4 is 51.5 Å². The van der Waals surface area contributed by atoms with Crippen LogP contribution in [-0.2, 0) is 0 Å². The number of benzene rings is 1. The van der Waals surface area contributed by atoms with E-state index >= 15 is 0 Å². The molecule has 0 aliphatic heterocycles. The van der Waals surface area contributed by atoms with E-state index in [9.17, 15) is 0 Å². The predicted molar refractivity (Wildman–Crippen MR) is 55.6 cm³/mol. The monoisotopic (exact) mass is 368 g/mol. The molecule has 0 N–H and O–H groups in total. The molecule has 0 atom stereocenters. The fourth-order valence-corrected chi connectivity index (χ4v) is 1.05. The average Bonchev–Trinajstić information content (AvgIpc) is 1.80. The molecule has 0 radical (unpaired) electrons. The molecule has 3 heteroatoms. The molecule has 0 saturated heterocycles. The van der Waals surface area contributed by atoms with Crippen LogP contribution >= 0.6 is 25.3 Å². The first-order valence-electron chi connectivity index (χ1n) is 2.69. The second-order valence-corrected chi connectivity index (χ2v) is 2.96. The topological polar surface area (TPSA) is 0 Å². The number of aryl methyl sites for hydroxylation is 1. The van der Waals surface area contributed by atoms with Crippen LogP contribution in [0, 0.1) is 6.92 Å². The Balaban J connectivity index is 0.000000810. The van der Waals surface area contributed by atoms with E-state index in [1.165, 1.54) is 5.56 Å². The Bertz CT molecular complexity index is 223. The minimum atomic E-state index is 0. The molecular weight excluding hydrogens is 357 g/mol. The molecular formula is C7H11BiS2. The second kappa shape index (κ2) is 4.63. The first kappa shape index (κ1) is 10.8. The van der Waals surface area contributed by atoms with Crippen molar-refractivity contribution in [2.45, 2.75) is 16.7 Å². The van der Waals surface area contributed by atoms with Gasteiger partial charge in [-0.25, -0.2) is 0 Å². The summed E-state index contributed by atoms with van der Waals surface area (Å²) in [6.45, 7) is 2.03. The van der Waals surface area contributed by atoms with E-state index in [-0.39, 0.29) is 26.2 Å². The Morgan fingerprint density at radius 1 is 1.10 bits per heavy atom. The van der Waals surface area contributed by atoms with Crippen molar-refractivity contribution in [3.63, 3.8) is 0 Å². The zero-order valence-electron chi connectivity index (χ0n) is 5.83. The summed E-state index contributed by atoms with van der Waals surface area (Å²) < 4.78 is 0. The summed E-state index contributed by atoms with van der Waals surface area (Å²) in [5.41, 5.74) is 1.22. The van der Waals surface area contributed by atoms with E-state index in [2.05, 4.69) is 25.3 Å². The molecule has 0 spiro atoms. The first-order chi connectivity index (χ1) is 4.20. The van der Waals surface area contributed by atoms with Crippen molar-refractivity contribution in [2.24, 2.45) is 0 Å². The van der Waals surface area contributed by atoms with Gasteiger partial charge in [0.05, 0.1) is 0 Å². The van der Waals surface area contributed by atoms with Gasteiger partial charge in [0.25, 0.3) is 0 Å². The molecule has 0 unspecified atom stereocenters. The van der Waals surface area contributed by atoms with Crippen molar-refractivity contribution in [1.82, 2.24) is 0 Å². The molecule has 1 aromatic carbocycles. The average molecular weight is 368 g/mol. The molecule has 0 heterocycles. The Kier molecular flexibility index (Phi) is 5.01. The molecule has 0 bridgehead atoms. The molecule has 10 heavy (non-hydrogen) atoms. The molecule has 0 aromatic heterocycles. The summed E-state index contributed by atoms with van der Waals surface area (Å²) in [6, 6.07) is 5.95. The van der Waals surface area contributed by atoms with Crippen LogP contribution in [0.4, 0.5) is 0 Å². The summed E-state index contributed by atoms with van der Waals surface area (Å²) in [6.07, 6.45) is 0. The molecule has 56 valence electrons. The van der Waals surface area contributed by atoms with Crippen molar-refractivity contribution in [3.05, 3.63) is 23.8 Å². The van der Waals surface area contributed by atoms with Crippen molar-refractivity contribution in [1.29, 1.82) is 0 Å². The van der Waals surface area contributed by atoms with E-state index in [4.69, 9.17) is 0 Å². The Hall–Kier alpha value is 0.803. The Labute approximate surface area is 91.4 Å². The van der Waals surface area contributed by atoms with Crippen LogP contribution in [0.5, 0.6) is 0 Å². The number of rotatable bonds is 0. The number of hydrogen-bond acceptors (Lipinski definition) is 2. The molecule has 0 nitrogen and oxygen atoms in total. The third kappa shape index (κ3) is 2.81. The molecule has 1 rings (SSSR count). The van der Waals surface area contributed by atoms with Gasteiger partial charge in [-0.15, -0.1) is 25.3 Å². The summed E-state index contributed by atoms with van der Waals surface area (Å²) in [5, 5.41) is 0. The minimum absolute atomic E-state index is 0. The predicted octanol–water partition coefficient (Wildman–Crippen LogP) is 1.39. The van der Waals surface area contributed by atoms with Crippen LogP contribution in [-0.4, -0.2) is 26.2 Å². The fraction of sp³-hybridized carbons (Fsp3) is 0.143. The third-order valence-corrected chi connectivity index (χ3v) is 2.07. The van der Waals surface area contributed by atoms with Gasteiger partial charge in [0, 0.05) is 9.79 Å². The van der Waals surface area contributed by atoms with Crippen molar-refractivity contribution in [3.8, 4) is 0 Å². The molecule has 0 aliphatic rings. The van der Waals surface area contributed by atoms with Crippen LogP contribution in [0.1, 0.15) is 5.56 Å². The molecule has 0 aliphatic carbocycles. The van der Waals surface area contributed by atoms with Crippen LogP contribution in [0.15, 0.2) is 28.0 Å².